The Kier molecular flexibility index (Phi) is 6.25. The maximum absolute atomic E-state index is 12.3. The van der Waals surface area contributed by atoms with E-state index in [1.54, 1.807) is 12.1 Å². The van der Waals surface area contributed by atoms with Crippen molar-refractivity contribution in [1.29, 1.82) is 0 Å². The highest BCUT2D eigenvalue weighted by Gasteiger charge is 2.10. The lowest BCUT2D eigenvalue weighted by atomic mass is 10.0. The van der Waals surface area contributed by atoms with Crippen LogP contribution in [0.5, 0.6) is 0 Å². The molecule has 1 N–H and O–H groups in total. The van der Waals surface area contributed by atoms with Crippen molar-refractivity contribution in [3.8, 4) is 0 Å². The molecule has 0 spiro atoms. The van der Waals surface area contributed by atoms with E-state index in [2.05, 4.69) is 10.1 Å². The van der Waals surface area contributed by atoms with Gasteiger partial charge in [0.2, 0.25) is 0 Å². The van der Waals surface area contributed by atoms with Gasteiger partial charge < -0.3 is 10.1 Å². The van der Waals surface area contributed by atoms with Crippen LogP contribution in [-0.4, -0.2) is 31.3 Å². The first-order valence-corrected chi connectivity index (χ1v) is 7.64. The monoisotopic (exact) mass is 325 g/mol. The predicted octanol–water partition coefficient (Wildman–Crippen LogP) is 2.65. The molecule has 1 amide bonds. The number of amides is 1. The standard InChI is InChI=1S/C19H19NO4/c1-24-18(22)12-5-3-9-15(21)13-20-19(23)17-11-6-8-14-7-2-4-10-16(14)17/h2,4-8,10-12H,3,9,13H2,1H3,(H,20,23)/b12-5+. The minimum atomic E-state index is -0.452. The fourth-order valence-electron chi connectivity index (χ4n) is 2.28. The molecule has 0 bridgehead atoms. The van der Waals surface area contributed by atoms with Gasteiger partial charge in [-0.3, -0.25) is 9.59 Å². The Morgan fingerprint density at radius 2 is 1.83 bits per heavy atom. The Hall–Kier alpha value is -2.95. The second-order valence-electron chi connectivity index (χ2n) is 5.21. The van der Waals surface area contributed by atoms with Crippen LogP contribution in [0.1, 0.15) is 23.2 Å². The molecule has 0 aliphatic rings. The molecule has 0 saturated heterocycles. The number of hydrogen-bond donors (Lipinski definition) is 1. The van der Waals surface area contributed by atoms with E-state index in [1.165, 1.54) is 13.2 Å². The van der Waals surface area contributed by atoms with E-state index >= 15 is 0 Å². The molecule has 124 valence electrons. The lowest BCUT2D eigenvalue weighted by molar-refractivity contribution is -0.134. The SMILES string of the molecule is COC(=O)/C=C/CCC(=O)CNC(=O)c1cccc2ccccc12. The molecule has 24 heavy (non-hydrogen) atoms. The third-order valence-corrected chi connectivity index (χ3v) is 3.53. The summed E-state index contributed by atoms with van der Waals surface area (Å²) in [5, 5.41) is 4.48. The highest BCUT2D eigenvalue weighted by atomic mass is 16.5. The summed E-state index contributed by atoms with van der Waals surface area (Å²) in [6, 6.07) is 13.1. The highest BCUT2D eigenvalue weighted by Crippen LogP contribution is 2.18. The summed E-state index contributed by atoms with van der Waals surface area (Å²) < 4.78 is 4.45. The minimum absolute atomic E-state index is 0.0336. The maximum Gasteiger partial charge on any atom is 0.330 e. The first-order valence-electron chi connectivity index (χ1n) is 7.64. The molecule has 5 nitrogen and oxygen atoms in total. The number of ether oxygens (including phenoxy) is 1. The van der Waals surface area contributed by atoms with Crippen LogP contribution in [0.4, 0.5) is 0 Å². The highest BCUT2D eigenvalue weighted by molar-refractivity contribution is 6.07. The molecule has 0 aliphatic heterocycles. The zero-order chi connectivity index (χ0) is 17.4. The number of rotatable bonds is 7. The molecule has 0 aromatic heterocycles. The Morgan fingerprint density at radius 3 is 2.62 bits per heavy atom. The minimum Gasteiger partial charge on any atom is -0.466 e. The number of esters is 1. The van der Waals surface area contributed by atoms with Gasteiger partial charge in [-0.15, -0.1) is 0 Å². The van der Waals surface area contributed by atoms with Gasteiger partial charge in [0.05, 0.1) is 13.7 Å². The van der Waals surface area contributed by atoms with Crippen molar-refractivity contribution >= 4 is 28.4 Å². The molecule has 5 heteroatoms. The van der Waals surface area contributed by atoms with E-state index in [0.29, 0.717) is 12.0 Å². The van der Waals surface area contributed by atoms with E-state index in [1.807, 2.05) is 36.4 Å². The summed E-state index contributed by atoms with van der Waals surface area (Å²) >= 11 is 0. The summed E-state index contributed by atoms with van der Waals surface area (Å²) in [4.78, 5) is 35.0. The van der Waals surface area contributed by atoms with Gasteiger partial charge in [-0.25, -0.2) is 4.79 Å². The number of allylic oxidation sites excluding steroid dienone is 1. The van der Waals surface area contributed by atoms with Crippen molar-refractivity contribution in [2.24, 2.45) is 0 Å². The Morgan fingerprint density at radius 1 is 1.08 bits per heavy atom. The van der Waals surface area contributed by atoms with Gasteiger partial charge in [0.25, 0.3) is 5.91 Å². The van der Waals surface area contributed by atoms with Crippen molar-refractivity contribution < 1.29 is 19.1 Å². The number of nitrogens with one attached hydrogen (secondary N) is 1. The van der Waals surface area contributed by atoms with Crippen LogP contribution in [-0.2, 0) is 14.3 Å². The van der Waals surface area contributed by atoms with Crippen LogP contribution in [0.3, 0.4) is 0 Å². The molecular weight excluding hydrogens is 306 g/mol. The smallest absolute Gasteiger partial charge is 0.330 e. The van der Waals surface area contributed by atoms with Crippen LogP contribution in [0.25, 0.3) is 10.8 Å². The predicted molar refractivity (Wildman–Crippen MR) is 91.7 cm³/mol. The number of carbonyl (C=O) groups is 3. The second-order valence-corrected chi connectivity index (χ2v) is 5.21. The summed E-state index contributed by atoms with van der Waals surface area (Å²) in [6.45, 7) is -0.0336. The van der Waals surface area contributed by atoms with Gasteiger partial charge >= 0.3 is 5.97 Å². The number of fused-ring (bicyclic) bond motifs is 1. The van der Waals surface area contributed by atoms with Crippen molar-refractivity contribution in [2.45, 2.75) is 12.8 Å². The number of Topliss-reactive ketones (excluding diaryl/α,β-unsaturated/α-hetero) is 1. The Balaban J connectivity index is 1.87. The van der Waals surface area contributed by atoms with Gasteiger partial charge in [-0.1, -0.05) is 42.5 Å². The van der Waals surface area contributed by atoms with Crippen LogP contribution in [0.15, 0.2) is 54.6 Å². The molecule has 0 aliphatic carbocycles. The molecule has 0 radical (unpaired) electrons. The number of methoxy groups -OCH3 is 1. The Bertz CT molecular complexity index is 775. The van der Waals surface area contributed by atoms with Crippen LogP contribution in [0, 0.1) is 0 Å². The van der Waals surface area contributed by atoms with E-state index < -0.39 is 5.97 Å². The van der Waals surface area contributed by atoms with Crippen LogP contribution < -0.4 is 5.32 Å². The maximum atomic E-state index is 12.3. The molecule has 0 heterocycles. The number of ketones is 1. The lowest BCUT2D eigenvalue weighted by Gasteiger charge is -2.07. The van der Waals surface area contributed by atoms with Gasteiger partial charge in [0, 0.05) is 18.1 Å². The summed E-state index contributed by atoms with van der Waals surface area (Å²) in [5.74, 6) is -0.824. The number of carbonyl (C=O) groups excluding carboxylic acids is 3. The molecule has 0 atom stereocenters. The summed E-state index contributed by atoms with van der Waals surface area (Å²) in [6.07, 6.45) is 3.54. The molecular formula is C19H19NO4. The second kappa shape index (κ2) is 8.62. The molecule has 0 saturated carbocycles. The van der Waals surface area contributed by atoms with Crippen molar-refractivity contribution in [2.75, 3.05) is 13.7 Å². The lowest BCUT2D eigenvalue weighted by Crippen LogP contribution is -2.29. The largest absolute Gasteiger partial charge is 0.466 e. The quantitative estimate of drug-likeness (QED) is 0.627. The average Bonchev–Trinajstić information content (AvgIpc) is 2.62. The van der Waals surface area contributed by atoms with Crippen molar-refractivity contribution in [3.63, 3.8) is 0 Å². The number of benzene rings is 2. The van der Waals surface area contributed by atoms with Crippen LogP contribution in [0.2, 0.25) is 0 Å². The first-order chi connectivity index (χ1) is 11.6. The molecule has 2 aromatic carbocycles. The van der Waals surface area contributed by atoms with E-state index in [9.17, 15) is 14.4 Å². The average molecular weight is 325 g/mol. The third kappa shape index (κ3) is 4.78. The fraction of sp³-hybridized carbons (Fsp3) is 0.211. The number of hydrogen-bond acceptors (Lipinski definition) is 4. The van der Waals surface area contributed by atoms with E-state index in [0.717, 1.165) is 10.8 Å². The summed E-state index contributed by atoms with van der Waals surface area (Å²) in [7, 11) is 1.29. The zero-order valence-electron chi connectivity index (χ0n) is 13.5. The van der Waals surface area contributed by atoms with Crippen LogP contribution >= 0.6 is 0 Å². The topological polar surface area (TPSA) is 72.5 Å². The molecule has 2 rings (SSSR count). The molecule has 0 unspecified atom stereocenters. The van der Waals surface area contributed by atoms with E-state index in [4.69, 9.17) is 0 Å². The fourth-order valence-corrected chi connectivity index (χ4v) is 2.28. The van der Waals surface area contributed by atoms with Gasteiger partial charge in [0.1, 0.15) is 0 Å². The van der Waals surface area contributed by atoms with E-state index in [-0.39, 0.29) is 24.7 Å². The van der Waals surface area contributed by atoms with Gasteiger partial charge in [-0.2, -0.15) is 0 Å². The zero-order valence-corrected chi connectivity index (χ0v) is 13.5. The normalized spacial score (nSPS) is 10.7. The molecule has 2 aromatic rings. The van der Waals surface area contributed by atoms with Gasteiger partial charge in [0.15, 0.2) is 5.78 Å². The van der Waals surface area contributed by atoms with Crippen molar-refractivity contribution in [1.82, 2.24) is 5.32 Å². The Labute approximate surface area is 140 Å². The third-order valence-electron chi connectivity index (χ3n) is 3.53. The van der Waals surface area contributed by atoms with Crippen molar-refractivity contribution in [3.05, 3.63) is 60.2 Å². The summed E-state index contributed by atoms with van der Waals surface area (Å²) in [5.41, 5.74) is 0.548. The van der Waals surface area contributed by atoms with Gasteiger partial charge in [-0.05, 0) is 23.3 Å². The first kappa shape index (κ1) is 17.4. The molecule has 0 fully saturated rings.